The van der Waals surface area contributed by atoms with Crippen LogP contribution in [0.2, 0.25) is 0 Å². The van der Waals surface area contributed by atoms with E-state index in [1.807, 2.05) is 0 Å². The first-order valence-corrected chi connectivity index (χ1v) is 8.99. The molecular formula is C21H17F3N2O4. The number of carbonyl (C=O) groups is 1. The number of aryl methyl sites for hydroxylation is 1. The van der Waals surface area contributed by atoms with Crippen LogP contribution < -0.4 is 10.7 Å². The summed E-state index contributed by atoms with van der Waals surface area (Å²) in [4.78, 5) is 25.0. The van der Waals surface area contributed by atoms with Gasteiger partial charge in [-0.05, 0) is 26.8 Å². The molecule has 3 rings (SSSR count). The SMILES string of the molecule is CCOC(=O)C1=C(C)NC(C(F)(F)F)=C(C#N)C1c1cccc2c(=O)cc(C)oc12. The molecule has 9 heteroatoms. The van der Waals surface area contributed by atoms with Crippen LogP contribution in [0.15, 0.2) is 56.0 Å². The molecule has 2 heterocycles. The van der Waals surface area contributed by atoms with Gasteiger partial charge in [-0.15, -0.1) is 0 Å². The number of esters is 1. The molecule has 6 nitrogen and oxygen atoms in total. The van der Waals surface area contributed by atoms with E-state index in [4.69, 9.17) is 9.15 Å². The highest BCUT2D eigenvalue weighted by Crippen LogP contribution is 2.44. The first-order valence-electron chi connectivity index (χ1n) is 8.99. The van der Waals surface area contributed by atoms with Gasteiger partial charge >= 0.3 is 12.1 Å². The molecule has 0 amide bonds. The van der Waals surface area contributed by atoms with Gasteiger partial charge in [0.25, 0.3) is 0 Å². The molecule has 1 aliphatic heterocycles. The predicted octanol–water partition coefficient (Wildman–Crippen LogP) is 3.97. The third kappa shape index (κ3) is 3.56. The van der Waals surface area contributed by atoms with Gasteiger partial charge in [-0.25, -0.2) is 4.79 Å². The Morgan fingerprint density at radius 1 is 1.33 bits per heavy atom. The van der Waals surface area contributed by atoms with Crippen LogP contribution >= 0.6 is 0 Å². The highest BCUT2D eigenvalue weighted by Gasteiger charge is 2.45. The molecule has 2 aromatic rings. The molecule has 1 aromatic heterocycles. The average molecular weight is 418 g/mol. The van der Waals surface area contributed by atoms with Gasteiger partial charge in [-0.3, -0.25) is 4.79 Å². The van der Waals surface area contributed by atoms with E-state index >= 15 is 0 Å². The Kier molecular flexibility index (Phi) is 5.44. The topological polar surface area (TPSA) is 92.3 Å². The molecule has 0 saturated carbocycles. The summed E-state index contributed by atoms with van der Waals surface area (Å²) in [5, 5.41) is 11.9. The zero-order valence-corrected chi connectivity index (χ0v) is 16.3. The van der Waals surface area contributed by atoms with Crippen molar-refractivity contribution in [3.8, 4) is 6.07 Å². The van der Waals surface area contributed by atoms with Crippen molar-refractivity contribution >= 4 is 16.9 Å². The van der Waals surface area contributed by atoms with Crippen molar-refractivity contribution in [3.63, 3.8) is 0 Å². The number of para-hydroxylation sites is 1. The van der Waals surface area contributed by atoms with Crippen LogP contribution in [-0.2, 0) is 9.53 Å². The third-order valence-electron chi connectivity index (χ3n) is 4.68. The number of nitriles is 1. The number of benzene rings is 1. The fraction of sp³-hybridized carbons (Fsp3) is 0.286. The molecular weight excluding hydrogens is 401 g/mol. The number of ether oxygens (including phenoxy) is 1. The van der Waals surface area contributed by atoms with E-state index in [-0.39, 0.29) is 45.6 Å². The highest BCUT2D eigenvalue weighted by atomic mass is 19.4. The monoisotopic (exact) mass is 418 g/mol. The lowest BCUT2D eigenvalue weighted by molar-refractivity contribution is -0.139. The second-order valence-electron chi connectivity index (χ2n) is 6.66. The van der Waals surface area contributed by atoms with Crippen LogP contribution in [0, 0.1) is 18.3 Å². The third-order valence-corrected chi connectivity index (χ3v) is 4.68. The van der Waals surface area contributed by atoms with Crippen molar-refractivity contribution in [2.75, 3.05) is 6.61 Å². The average Bonchev–Trinajstić information content (AvgIpc) is 2.66. The summed E-state index contributed by atoms with van der Waals surface area (Å²) in [7, 11) is 0. The van der Waals surface area contributed by atoms with Gasteiger partial charge in [-0.2, -0.15) is 18.4 Å². The zero-order valence-electron chi connectivity index (χ0n) is 16.3. The van der Waals surface area contributed by atoms with E-state index in [1.165, 1.54) is 38.1 Å². The Morgan fingerprint density at radius 2 is 2.03 bits per heavy atom. The number of carbonyl (C=O) groups excluding carboxylic acids is 1. The number of nitrogens with zero attached hydrogens (tertiary/aromatic N) is 1. The molecule has 1 N–H and O–H groups in total. The summed E-state index contributed by atoms with van der Waals surface area (Å²) in [6.07, 6.45) is -4.87. The van der Waals surface area contributed by atoms with E-state index in [0.717, 1.165) is 0 Å². The van der Waals surface area contributed by atoms with Crippen LogP contribution in [-0.4, -0.2) is 18.8 Å². The number of dihydropyridines is 1. The van der Waals surface area contributed by atoms with Gasteiger partial charge in [-0.1, -0.05) is 12.1 Å². The van der Waals surface area contributed by atoms with Gasteiger partial charge in [0, 0.05) is 17.3 Å². The largest absolute Gasteiger partial charge is 0.463 e. The minimum Gasteiger partial charge on any atom is -0.463 e. The predicted molar refractivity (Wildman–Crippen MR) is 101 cm³/mol. The van der Waals surface area contributed by atoms with Crippen LogP contribution in [0.25, 0.3) is 11.0 Å². The molecule has 1 unspecified atom stereocenters. The first-order chi connectivity index (χ1) is 14.1. The molecule has 1 aliphatic rings. The van der Waals surface area contributed by atoms with Crippen LogP contribution in [0.5, 0.6) is 0 Å². The Morgan fingerprint density at radius 3 is 2.63 bits per heavy atom. The molecule has 0 aliphatic carbocycles. The fourth-order valence-corrected chi connectivity index (χ4v) is 3.51. The quantitative estimate of drug-likeness (QED) is 0.759. The van der Waals surface area contributed by atoms with Gasteiger partial charge in [0.15, 0.2) is 5.43 Å². The second kappa shape index (κ2) is 7.71. The normalized spacial score (nSPS) is 17.0. The Hall–Kier alpha value is -3.54. The van der Waals surface area contributed by atoms with Crippen LogP contribution in [0.4, 0.5) is 13.2 Å². The van der Waals surface area contributed by atoms with Gasteiger partial charge in [0.1, 0.15) is 17.0 Å². The lowest BCUT2D eigenvalue weighted by Gasteiger charge is -2.30. The molecule has 0 radical (unpaired) electrons. The molecule has 0 bridgehead atoms. The van der Waals surface area contributed by atoms with Crippen molar-refractivity contribution in [2.45, 2.75) is 32.9 Å². The lowest BCUT2D eigenvalue weighted by Crippen LogP contribution is -2.35. The summed E-state index contributed by atoms with van der Waals surface area (Å²) in [5.41, 5.74) is -2.52. The highest BCUT2D eigenvalue weighted by molar-refractivity contribution is 5.95. The number of hydrogen-bond acceptors (Lipinski definition) is 6. The standard InChI is InChI=1S/C21H17F3N2O4/c1-4-29-20(28)16-11(3)26-19(21(22,23)24)14(9-25)17(16)13-7-5-6-12-15(27)8-10(2)30-18(12)13/h5-8,17,26H,4H2,1-3H3. The first kappa shape index (κ1) is 21.2. The number of allylic oxidation sites excluding steroid dienone is 3. The number of hydrogen-bond donors (Lipinski definition) is 1. The van der Waals surface area contributed by atoms with Crippen molar-refractivity contribution in [2.24, 2.45) is 0 Å². The molecule has 0 spiro atoms. The van der Waals surface area contributed by atoms with Gasteiger partial charge in [0.2, 0.25) is 0 Å². The van der Waals surface area contributed by atoms with Gasteiger partial charge < -0.3 is 14.5 Å². The van der Waals surface area contributed by atoms with Crippen molar-refractivity contribution in [1.82, 2.24) is 5.32 Å². The zero-order chi connectivity index (χ0) is 22.2. The maximum atomic E-state index is 13.7. The van der Waals surface area contributed by atoms with Gasteiger partial charge in [0.05, 0.1) is 35.1 Å². The van der Waals surface area contributed by atoms with Crippen LogP contribution in [0.1, 0.15) is 31.1 Å². The summed E-state index contributed by atoms with van der Waals surface area (Å²) < 4.78 is 51.7. The van der Waals surface area contributed by atoms with E-state index < -0.39 is 29.3 Å². The van der Waals surface area contributed by atoms with Crippen LogP contribution in [0.3, 0.4) is 0 Å². The fourth-order valence-electron chi connectivity index (χ4n) is 3.51. The smallest absolute Gasteiger partial charge is 0.432 e. The molecule has 0 saturated heterocycles. The van der Waals surface area contributed by atoms with E-state index in [0.29, 0.717) is 0 Å². The Labute approximate surface area is 169 Å². The van der Waals surface area contributed by atoms with Crippen molar-refractivity contribution < 1.29 is 27.1 Å². The second-order valence-corrected chi connectivity index (χ2v) is 6.66. The molecule has 1 atom stereocenters. The number of rotatable bonds is 3. The van der Waals surface area contributed by atoms with E-state index in [9.17, 15) is 28.0 Å². The van der Waals surface area contributed by atoms with E-state index in [2.05, 4.69) is 5.32 Å². The van der Waals surface area contributed by atoms with E-state index in [1.54, 1.807) is 13.0 Å². The summed E-state index contributed by atoms with van der Waals surface area (Å²) in [5.74, 6) is -2.06. The summed E-state index contributed by atoms with van der Waals surface area (Å²) in [6.45, 7) is 4.37. The minimum absolute atomic E-state index is 0.0101. The minimum atomic E-state index is -4.87. The Bertz CT molecular complexity index is 1200. The lowest BCUT2D eigenvalue weighted by atomic mass is 9.80. The number of fused-ring (bicyclic) bond motifs is 1. The number of alkyl halides is 3. The Balaban J connectivity index is 2.42. The summed E-state index contributed by atoms with van der Waals surface area (Å²) in [6, 6.07) is 7.20. The van der Waals surface area contributed by atoms with Crippen molar-refractivity contribution in [1.29, 1.82) is 5.26 Å². The molecule has 1 aromatic carbocycles. The number of halogens is 3. The molecule has 30 heavy (non-hydrogen) atoms. The molecule has 0 fully saturated rings. The maximum Gasteiger partial charge on any atom is 0.432 e. The number of nitrogens with one attached hydrogen (secondary N) is 1. The van der Waals surface area contributed by atoms with Crippen molar-refractivity contribution in [3.05, 3.63) is 68.4 Å². The maximum absolute atomic E-state index is 13.7. The summed E-state index contributed by atoms with van der Waals surface area (Å²) >= 11 is 0. The molecule has 156 valence electrons.